The molecule has 1 amide bonds. The number of thiazole rings is 1. The van der Waals surface area contributed by atoms with Crippen LogP contribution in [-0.2, 0) is 17.8 Å². The second kappa shape index (κ2) is 9.78. The summed E-state index contributed by atoms with van der Waals surface area (Å²) >= 11 is 1.48. The molecule has 7 heteroatoms. The van der Waals surface area contributed by atoms with Gasteiger partial charge in [-0.1, -0.05) is 29.5 Å². The third-order valence-electron chi connectivity index (χ3n) is 5.05. The molecule has 6 nitrogen and oxygen atoms in total. The zero-order valence-electron chi connectivity index (χ0n) is 18.4. The van der Waals surface area contributed by atoms with E-state index in [0.717, 1.165) is 38.5 Å². The number of ether oxygens (including phenoxy) is 2. The van der Waals surface area contributed by atoms with Crippen LogP contribution in [0.2, 0.25) is 0 Å². The van der Waals surface area contributed by atoms with Crippen molar-refractivity contribution in [2.24, 2.45) is 0 Å². The van der Waals surface area contributed by atoms with E-state index < -0.39 is 0 Å². The topological polar surface area (TPSA) is 64.5 Å². The van der Waals surface area contributed by atoms with Crippen LogP contribution in [-0.4, -0.2) is 29.6 Å². The maximum atomic E-state index is 13.4. The number of methoxy groups -OCH3 is 1. The van der Waals surface area contributed by atoms with E-state index in [4.69, 9.17) is 14.5 Å². The highest BCUT2D eigenvalue weighted by Crippen LogP contribution is 2.32. The average Bonchev–Trinajstić information content (AvgIpc) is 3.21. The van der Waals surface area contributed by atoms with Crippen molar-refractivity contribution in [2.45, 2.75) is 26.8 Å². The van der Waals surface area contributed by atoms with Crippen LogP contribution in [0.3, 0.4) is 0 Å². The van der Waals surface area contributed by atoms with Crippen LogP contribution in [0.15, 0.2) is 60.8 Å². The Hall–Kier alpha value is -3.45. The number of carbonyl (C=O) groups excluding carboxylic acids is 1. The van der Waals surface area contributed by atoms with Crippen LogP contribution in [0, 0.1) is 6.92 Å². The summed E-state index contributed by atoms with van der Waals surface area (Å²) in [5.74, 6) is 1.57. The molecule has 2 aromatic heterocycles. The monoisotopic (exact) mass is 447 g/mol. The van der Waals surface area contributed by atoms with Gasteiger partial charge in [0.25, 0.3) is 0 Å². The third kappa shape index (κ3) is 4.89. The van der Waals surface area contributed by atoms with E-state index in [1.165, 1.54) is 11.3 Å². The lowest BCUT2D eigenvalue weighted by atomic mass is 10.1. The van der Waals surface area contributed by atoms with Crippen LogP contribution in [0.5, 0.6) is 11.5 Å². The zero-order valence-corrected chi connectivity index (χ0v) is 19.2. The van der Waals surface area contributed by atoms with Crippen LogP contribution in [0.1, 0.15) is 23.7 Å². The molecule has 4 rings (SSSR count). The Kier molecular flexibility index (Phi) is 6.66. The SMILES string of the molecule is CCOc1ccc2nc(N(Cc3ccccn3)C(=O)Cc3ccc(OC)c(C)c3)sc2c1. The van der Waals surface area contributed by atoms with Gasteiger partial charge >= 0.3 is 0 Å². The summed E-state index contributed by atoms with van der Waals surface area (Å²) in [5, 5.41) is 0.648. The van der Waals surface area contributed by atoms with Gasteiger partial charge < -0.3 is 9.47 Å². The highest BCUT2D eigenvalue weighted by Gasteiger charge is 2.21. The van der Waals surface area contributed by atoms with Gasteiger partial charge in [-0.05, 0) is 61.4 Å². The molecule has 0 aliphatic rings. The number of rotatable bonds is 8. The highest BCUT2D eigenvalue weighted by molar-refractivity contribution is 7.22. The maximum Gasteiger partial charge on any atom is 0.233 e. The van der Waals surface area contributed by atoms with Crippen molar-refractivity contribution in [3.63, 3.8) is 0 Å². The van der Waals surface area contributed by atoms with Crippen LogP contribution >= 0.6 is 11.3 Å². The van der Waals surface area contributed by atoms with Gasteiger partial charge in [0.05, 0.1) is 42.6 Å². The highest BCUT2D eigenvalue weighted by atomic mass is 32.1. The number of amides is 1. The van der Waals surface area contributed by atoms with E-state index in [1.54, 1.807) is 18.2 Å². The normalized spacial score (nSPS) is 10.8. The van der Waals surface area contributed by atoms with Crippen molar-refractivity contribution < 1.29 is 14.3 Å². The van der Waals surface area contributed by atoms with E-state index in [1.807, 2.05) is 68.4 Å². The molecule has 2 heterocycles. The van der Waals surface area contributed by atoms with Gasteiger partial charge in [-0.3, -0.25) is 14.7 Å². The Morgan fingerprint density at radius 2 is 2.00 bits per heavy atom. The Morgan fingerprint density at radius 3 is 2.72 bits per heavy atom. The van der Waals surface area contributed by atoms with Crippen molar-refractivity contribution in [2.75, 3.05) is 18.6 Å². The fourth-order valence-electron chi connectivity index (χ4n) is 3.50. The molecule has 0 bridgehead atoms. The van der Waals surface area contributed by atoms with Gasteiger partial charge in [-0.2, -0.15) is 0 Å². The lowest BCUT2D eigenvalue weighted by Crippen LogP contribution is -2.32. The summed E-state index contributed by atoms with van der Waals surface area (Å²) in [6, 6.07) is 17.3. The summed E-state index contributed by atoms with van der Waals surface area (Å²) in [7, 11) is 1.64. The van der Waals surface area contributed by atoms with Crippen molar-refractivity contribution in [3.05, 3.63) is 77.6 Å². The molecule has 32 heavy (non-hydrogen) atoms. The molecule has 0 atom stereocenters. The Morgan fingerprint density at radius 1 is 1.12 bits per heavy atom. The zero-order chi connectivity index (χ0) is 22.5. The van der Waals surface area contributed by atoms with Crippen LogP contribution in [0.4, 0.5) is 5.13 Å². The number of pyridine rings is 1. The van der Waals surface area contributed by atoms with Crippen molar-refractivity contribution in [3.8, 4) is 11.5 Å². The molecule has 0 spiro atoms. The average molecular weight is 448 g/mol. The number of aromatic nitrogens is 2. The first-order valence-electron chi connectivity index (χ1n) is 10.4. The predicted molar refractivity (Wildman–Crippen MR) is 128 cm³/mol. The second-order valence-corrected chi connectivity index (χ2v) is 8.35. The number of aryl methyl sites for hydroxylation is 1. The number of hydrogen-bond acceptors (Lipinski definition) is 6. The summed E-state index contributed by atoms with van der Waals surface area (Å²) < 4.78 is 11.9. The Bertz CT molecular complexity index is 1220. The Labute approximate surface area is 191 Å². The van der Waals surface area contributed by atoms with Gasteiger partial charge in [0.2, 0.25) is 5.91 Å². The number of benzene rings is 2. The van der Waals surface area contributed by atoms with Crippen LogP contribution < -0.4 is 14.4 Å². The van der Waals surface area contributed by atoms with Crippen molar-refractivity contribution in [1.82, 2.24) is 9.97 Å². The molecule has 0 saturated heterocycles. The summed E-state index contributed by atoms with van der Waals surface area (Å²) in [5.41, 5.74) is 3.57. The number of hydrogen-bond donors (Lipinski definition) is 0. The van der Waals surface area contributed by atoms with Gasteiger partial charge in [0.15, 0.2) is 5.13 Å². The van der Waals surface area contributed by atoms with E-state index in [9.17, 15) is 4.79 Å². The molecule has 164 valence electrons. The fourth-order valence-corrected chi connectivity index (χ4v) is 4.51. The van der Waals surface area contributed by atoms with Gasteiger partial charge in [-0.15, -0.1) is 0 Å². The number of anilines is 1. The van der Waals surface area contributed by atoms with Crippen molar-refractivity contribution in [1.29, 1.82) is 0 Å². The quantitative estimate of drug-likeness (QED) is 0.372. The molecule has 0 aliphatic heterocycles. The van der Waals surface area contributed by atoms with Crippen molar-refractivity contribution >= 4 is 32.6 Å². The minimum absolute atomic E-state index is 0.0377. The lowest BCUT2D eigenvalue weighted by molar-refractivity contribution is -0.118. The van der Waals surface area contributed by atoms with E-state index in [-0.39, 0.29) is 12.3 Å². The lowest BCUT2D eigenvalue weighted by Gasteiger charge is -2.20. The molecule has 0 unspecified atom stereocenters. The molecule has 4 aromatic rings. The Balaban J connectivity index is 1.66. The smallest absolute Gasteiger partial charge is 0.233 e. The molecular weight excluding hydrogens is 422 g/mol. The van der Waals surface area contributed by atoms with E-state index in [2.05, 4.69) is 4.98 Å². The van der Waals surface area contributed by atoms with Gasteiger partial charge in [-0.25, -0.2) is 4.98 Å². The first-order chi connectivity index (χ1) is 15.6. The predicted octanol–water partition coefficient (Wildman–Crippen LogP) is 5.18. The molecule has 0 saturated carbocycles. The molecule has 0 fully saturated rings. The molecular formula is C25H25N3O3S. The maximum absolute atomic E-state index is 13.4. The van der Waals surface area contributed by atoms with Gasteiger partial charge in [0, 0.05) is 6.20 Å². The summed E-state index contributed by atoms with van der Waals surface area (Å²) in [6.07, 6.45) is 2.00. The fraction of sp³-hybridized carbons (Fsp3) is 0.240. The molecule has 0 N–H and O–H groups in total. The van der Waals surface area contributed by atoms with E-state index in [0.29, 0.717) is 18.3 Å². The summed E-state index contributed by atoms with van der Waals surface area (Å²) in [4.78, 5) is 24.3. The molecule has 0 aliphatic carbocycles. The van der Waals surface area contributed by atoms with E-state index >= 15 is 0 Å². The summed E-state index contributed by atoms with van der Waals surface area (Å²) in [6.45, 7) is 4.88. The largest absolute Gasteiger partial charge is 0.496 e. The number of fused-ring (bicyclic) bond motifs is 1. The molecule has 2 aromatic carbocycles. The number of nitrogens with zero attached hydrogens (tertiary/aromatic N) is 3. The first kappa shape index (κ1) is 21.8. The second-order valence-electron chi connectivity index (χ2n) is 7.34. The minimum Gasteiger partial charge on any atom is -0.496 e. The number of carbonyl (C=O) groups is 1. The van der Waals surface area contributed by atoms with Gasteiger partial charge in [0.1, 0.15) is 11.5 Å². The third-order valence-corrected chi connectivity index (χ3v) is 6.09. The molecule has 0 radical (unpaired) electrons. The standard InChI is InChI=1S/C25H25N3O3S/c1-4-31-20-9-10-21-23(15-20)32-25(27-21)28(16-19-7-5-6-12-26-19)24(29)14-18-8-11-22(30-3)17(2)13-18/h5-13,15H,4,14,16H2,1-3H3. The first-order valence-corrected chi connectivity index (χ1v) is 11.3. The minimum atomic E-state index is -0.0377. The van der Waals surface area contributed by atoms with Crippen LogP contribution in [0.25, 0.3) is 10.2 Å².